The fourth-order valence-electron chi connectivity index (χ4n) is 8.04. The zero-order valence-corrected chi connectivity index (χ0v) is 25.2. The lowest BCUT2D eigenvalue weighted by Crippen LogP contribution is -1.95. The van der Waals surface area contributed by atoms with Crippen molar-refractivity contribution in [2.24, 2.45) is 0 Å². The maximum absolute atomic E-state index is 2.45. The standard InChI is InChI=1S/C46H28/c1-3-14-29(15-4-1)34-21-11-12-23-37(34)44-40-27-32-19-8-7-18-31(32)26-39(40)42(30-16-5-2-6-17-30)45-38-25-13-24-36-35-22-10-9-20-33(35)28-41(43(36)38)46(44)45/h1-28H. The van der Waals surface area contributed by atoms with Crippen molar-refractivity contribution in [3.8, 4) is 55.6 Å². The molecule has 10 rings (SSSR count). The summed E-state index contributed by atoms with van der Waals surface area (Å²) in [4.78, 5) is 0. The van der Waals surface area contributed by atoms with Gasteiger partial charge in [-0.2, -0.15) is 0 Å². The summed E-state index contributed by atoms with van der Waals surface area (Å²) in [7, 11) is 0. The smallest absolute Gasteiger partial charge is 0.000697 e. The van der Waals surface area contributed by atoms with Gasteiger partial charge in [0.25, 0.3) is 0 Å². The van der Waals surface area contributed by atoms with Crippen molar-refractivity contribution in [2.45, 2.75) is 0 Å². The molecule has 0 fully saturated rings. The molecule has 0 heteroatoms. The normalized spacial score (nSPS) is 11.9. The maximum atomic E-state index is 2.45. The summed E-state index contributed by atoms with van der Waals surface area (Å²) < 4.78 is 0. The van der Waals surface area contributed by atoms with E-state index >= 15 is 0 Å². The van der Waals surface area contributed by atoms with E-state index in [9.17, 15) is 0 Å². The van der Waals surface area contributed by atoms with E-state index in [-0.39, 0.29) is 0 Å². The second-order valence-corrected chi connectivity index (χ2v) is 12.4. The maximum Gasteiger partial charge on any atom is -0.000697 e. The SMILES string of the molecule is c1ccc(-c2ccccc2-c2c3c(c(-c4ccccc4)c4cc5ccccc5cc24)-c2cccc4c2c-3cc2ccccc24)cc1. The third kappa shape index (κ3) is 3.56. The molecule has 0 radical (unpaired) electrons. The van der Waals surface area contributed by atoms with Crippen LogP contribution in [0.5, 0.6) is 0 Å². The molecular formula is C46H28. The highest BCUT2D eigenvalue weighted by atomic mass is 14.3. The summed E-state index contributed by atoms with van der Waals surface area (Å²) in [6, 6.07) is 62.7. The summed E-state index contributed by atoms with van der Waals surface area (Å²) in [5.74, 6) is 0. The Morgan fingerprint density at radius 3 is 1.50 bits per heavy atom. The van der Waals surface area contributed by atoms with Crippen molar-refractivity contribution in [1.29, 1.82) is 0 Å². The molecule has 46 heavy (non-hydrogen) atoms. The number of fused-ring (bicyclic) bond motifs is 7. The van der Waals surface area contributed by atoms with Crippen molar-refractivity contribution >= 4 is 43.1 Å². The molecule has 0 N–H and O–H groups in total. The topological polar surface area (TPSA) is 0 Å². The minimum absolute atomic E-state index is 1.23. The van der Waals surface area contributed by atoms with Crippen LogP contribution in [0, 0.1) is 0 Å². The first kappa shape index (κ1) is 25.4. The Morgan fingerprint density at radius 1 is 0.239 bits per heavy atom. The first-order valence-corrected chi connectivity index (χ1v) is 16.0. The highest BCUT2D eigenvalue weighted by Gasteiger charge is 2.32. The number of hydrogen-bond acceptors (Lipinski definition) is 0. The Bertz CT molecular complexity index is 2660. The van der Waals surface area contributed by atoms with Crippen molar-refractivity contribution in [1.82, 2.24) is 0 Å². The molecule has 0 aromatic heterocycles. The van der Waals surface area contributed by atoms with E-state index < -0.39 is 0 Å². The van der Waals surface area contributed by atoms with Crippen LogP contribution in [0.1, 0.15) is 0 Å². The van der Waals surface area contributed by atoms with Gasteiger partial charge in [0, 0.05) is 0 Å². The lowest BCUT2D eigenvalue weighted by molar-refractivity contribution is 1.59. The molecule has 0 saturated heterocycles. The Morgan fingerprint density at radius 2 is 0.761 bits per heavy atom. The van der Waals surface area contributed by atoms with E-state index in [2.05, 4.69) is 170 Å². The number of rotatable bonds is 3. The average molecular weight is 581 g/mol. The number of benzene rings is 9. The Labute approximate surface area is 267 Å². The van der Waals surface area contributed by atoms with Gasteiger partial charge in [0.05, 0.1) is 0 Å². The van der Waals surface area contributed by atoms with E-state index in [0.29, 0.717) is 0 Å². The van der Waals surface area contributed by atoms with Gasteiger partial charge in [-0.25, -0.2) is 0 Å². The van der Waals surface area contributed by atoms with E-state index in [4.69, 9.17) is 0 Å². The summed E-state index contributed by atoms with van der Waals surface area (Å²) in [5, 5.41) is 10.3. The molecule has 0 nitrogen and oxygen atoms in total. The summed E-state index contributed by atoms with van der Waals surface area (Å²) >= 11 is 0. The monoisotopic (exact) mass is 580 g/mol. The van der Waals surface area contributed by atoms with Crippen molar-refractivity contribution in [2.75, 3.05) is 0 Å². The van der Waals surface area contributed by atoms with Gasteiger partial charge >= 0.3 is 0 Å². The fraction of sp³-hybridized carbons (Fsp3) is 0. The molecule has 9 aromatic carbocycles. The second-order valence-electron chi connectivity index (χ2n) is 12.4. The third-order valence-electron chi connectivity index (χ3n) is 9.94. The molecule has 0 saturated carbocycles. The van der Waals surface area contributed by atoms with Gasteiger partial charge in [-0.1, -0.05) is 152 Å². The van der Waals surface area contributed by atoms with Gasteiger partial charge in [-0.05, 0) is 117 Å². The largest absolute Gasteiger partial charge is 0.0622 e. The molecule has 9 aromatic rings. The molecular weight excluding hydrogens is 553 g/mol. The minimum atomic E-state index is 1.23. The van der Waals surface area contributed by atoms with Crippen LogP contribution in [0.15, 0.2) is 170 Å². The molecule has 212 valence electrons. The van der Waals surface area contributed by atoms with Crippen molar-refractivity contribution in [3.05, 3.63) is 170 Å². The van der Waals surface area contributed by atoms with Crippen LogP contribution >= 0.6 is 0 Å². The Kier molecular flexibility index (Phi) is 5.38. The van der Waals surface area contributed by atoms with E-state index in [1.807, 2.05) is 0 Å². The third-order valence-corrected chi connectivity index (χ3v) is 9.94. The van der Waals surface area contributed by atoms with Crippen LogP contribution in [0.3, 0.4) is 0 Å². The molecule has 0 bridgehead atoms. The Balaban J connectivity index is 1.49. The second kappa shape index (κ2) is 9.76. The van der Waals surface area contributed by atoms with E-state index in [1.165, 1.54) is 98.7 Å². The molecule has 0 aliphatic heterocycles. The summed E-state index contributed by atoms with van der Waals surface area (Å²) in [5.41, 5.74) is 12.9. The van der Waals surface area contributed by atoms with Crippen molar-refractivity contribution in [3.63, 3.8) is 0 Å². The van der Waals surface area contributed by atoms with E-state index in [1.54, 1.807) is 0 Å². The quantitative estimate of drug-likeness (QED) is 0.144. The van der Waals surface area contributed by atoms with Gasteiger partial charge in [0.15, 0.2) is 0 Å². The Hall–Kier alpha value is -5.98. The molecule has 1 aliphatic rings. The van der Waals surface area contributed by atoms with Gasteiger partial charge < -0.3 is 0 Å². The van der Waals surface area contributed by atoms with Gasteiger partial charge in [-0.15, -0.1) is 0 Å². The van der Waals surface area contributed by atoms with Crippen LogP contribution in [-0.2, 0) is 0 Å². The van der Waals surface area contributed by atoms with Crippen LogP contribution in [0.4, 0.5) is 0 Å². The highest BCUT2D eigenvalue weighted by molar-refractivity contribution is 6.32. The summed E-state index contributed by atoms with van der Waals surface area (Å²) in [6.45, 7) is 0. The zero-order chi connectivity index (χ0) is 30.2. The van der Waals surface area contributed by atoms with Crippen LogP contribution in [0.2, 0.25) is 0 Å². The molecule has 0 unspecified atom stereocenters. The highest BCUT2D eigenvalue weighted by Crippen LogP contribution is 2.59. The van der Waals surface area contributed by atoms with Crippen LogP contribution in [-0.4, -0.2) is 0 Å². The number of hydrogen-bond donors (Lipinski definition) is 0. The van der Waals surface area contributed by atoms with Crippen LogP contribution < -0.4 is 0 Å². The molecule has 0 amide bonds. The van der Waals surface area contributed by atoms with Gasteiger partial charge in [0.1, 0.15) is 0 Å². The molecule has 0 atom stereocenters. The first-order valence-electron chi connectivity index (χ1n) is 16.0. The van der Waals surface area contributed by atoms with Gasteiger partial charge in [0.2, 0.25) is 0 Å². The molecule has 1 aliphatic carbocycles. The van der Waals surface area contributed by atoms with Gasteiger partial charge in [-0.3, -0.25) is 0 Å². The lowest BCUT2D eigenvalue weighted by Gasteiger charge is -2.22. The van der Waals surface area contributed by atoms with Crippen molar-refractivity contribution < 1.29 is 0 Å². The lowest BCUT2D eigenvalue weighted by atomic mass is 9.80. The average Bonchev–Trinajstić information content (AvgIpc) is 3.45. The predicted molar refractivity (Wildman–Crippen MR) is 197 cm³/mol. The zero-order valence-electron chi connectivity index (χ0n) is 25.2. The van der Waals surface area contributed by atoms with E-state index in [0.717, 1.165) is 0 Å². The molecule has 0 heterocycles. The summed E-state index contributed by atoms with van der Waals surface area (Å²) in [6.07, 6.45) is 0. The predicted octanol–water partition coefficient (Wildman–Crippen LogP) is 12.9. The minimum Gasteiger partial charge on any atom is -0.0622 e. The van der Waals surface area contributed by atoms with Crippen LogP contribution in [0.25, 0.3) is 98.7 Å². The first-order chi connectivity index (χ1) is 22.8. The molecule has 0 spiro atoms. The fourth-order valence-corrected chi connectivity index (χ4v) is 8.04.